The summed E-state index contributed by atoms with van der Waals surface area (Å²) in [6.07, 6.45) is 0. The second-order valence-corrected chi connectivity index (χ2v) is 9.68. The molecule has 0 unspecified atom stereocenters. The van der Waals surface area contributed by atoms with Crippen LogP contribution in [-0.4, -0.2) is 41.0 Å². The van der Waals surface area contributed by atoms with Crippen LogP contribution in [-0.2, 0) is 12.5 Å². The van der Waals surface area contributed by atoms with Crippen LogP contribution in [0.3, 0.4) is 0 Å². The van der Waals surface area contributed by atoms with Gasteiger partial charge in [0.15, 0.2) is 17.2 Å². The predicted octanol–water partition coefficient (Wildman–Crippen LogP) is 6.34. The molecule has 0 fully saturated rings. The fraction of sp³-hybridized carbons (Fsp3) is 0.214. The van der Waals surface area contributed by atoms with Crippen molar-refractivity contribution in [2.75, 3.05) is 19.5 Å². The number of benzene rings is 3. The lowest BCUT2D eigenvalue weighted by atomic mass is 9.86. The highest BCUT2D eigenvalue weighted by molar-refractivity contribution is 6.37. The minimum Gasteiger partial charge on any atom is -0.493 e. The van der Waals surface area contributed by atoms with Gasteiger partial charge in [0, 0.05) is 39.3 Å². The average molecular weight is 569 g/mol. The number of anilines is 1. The number of carbonyl (C=O) groups excluding carboxylic acids is 1. The number of rotatable bonds is 6. The summed E-state index contributed by atoms with van der Waals surface area (Å²) in [4.78, 5) is 23.2. The number of aromatic carboxylic acids is 1. The van der Waals surface area contributed by atoms with Crippen LogP contribution in [0.15, 0.2) is 54.6 Å². The molecule has 4 rings (SSSR count). The molecule has 202 valence electrons. The summed E-state index contributed by atoms with van der Waals surface area (Å²) in [5, 5.41) is 26.1. The summed E-state index contributed by atoms with van der Waals surface area (Å²) in [5.41, 5.74) is 1.43. The van der Waals surface area contributed by atoms with Crippen molar-refractivity contribution >= 4 is 51.7 Å². The van der Waals surface area contributed by atoms with Crippen LogP contribution in [0.5, 0.6) is 11.5 Å². The molecule has 11 heteroatoms. The number of carboxylic acids is 1. The third-order valence-electron chi connectivity index (χ3n) is 5.81. The van der Waals surface area contributed by atoms with Gasteiger partial charge in [0.05, 0.1) is 31.2 Å². The molecule has 0 saturated carbocycles. The average Bonchev–Trinajstić information content (AvgIpc) is 3.25. The smallest absolute Gasteiger partial charge is 0.357 e. The van der Waals surface area contributed by atoms with Gasteiger partial charge in [0.1, 0.15) is 0 Å². The van der Waals surface area contributed by atoms with Crippen molar-refractivity contribution in [3.05, 3.63) is 81.5 Å². The van der Waals surface area contributed by atoms with Gasteiger partial charge in [-0.25, -0.2) is 4.79 Å². The van der Waals surface area contributed by atoms with E-state index >= 15 is 0 Å². The van der Waals surface area contributed by atoms with Gasteiger partial charge in [-0.15, -0.1) is 0 Å². The van der Waals surface area contributed by atoms with Crippen molar-refractivity contribution in [2.45, 2.75) is 19.3 Å². The summed E-state index contributed by atoms with van der Waals surface area (Å²) in [6, 6.07) is 17.4. The van der Waals surface area contributed by atoms with E-state index in [4.69, 9.17) is 37.8 Å². The van der Waals surface area contributed by atoms with E-state index < -0.39 is 11.4 Å². The van der Waals surface area contributed by atoms with E-state index in [1.165, 1.54) is 14.2 Å². The first-order chi connectivity index (χ1) is 18.4. The molecule has 0 aliphatic heterocycles. The number of carboxylic acid groups (broad SMARTS) is 1. The summed E-state index contributed by atoms with van der Waals surface area (Å²) in [7, 11) is 4.75. The third kappa shape index (κ3) is 6.42. The SMILES string of the molecule is COc1ccc(C(=O)Nc2cc(Cl)c(C(C)(C)C#N)c(Cl)c2)cc1OC.Cn1nc(C(=O)O)c2ccccc21. The lowest BCUT2D eigenvalue weighted by molar-refractivity contribution is 0.0691. The molecule has 1 amide bonds. The van der Waals surface area contributed by atoms with Crippen LogP contribution < -0.4 is 14.8 Å². The second kappa shape index (κ2) is 12.1. The molecular formula is C28H26Cl2N4O5. The van der Waals surface area contributed by atoms with Gasteiger partial charge in [0.2, 0.25) is 0 Å². The first kappa shape index (κ1) is 29.3. The number of aromatic nitrogens is 2. The Morgan fingerprint density at radius 3 is 2.21 bits per heavy atom. The maximum absolute atomic E-state index is 12.5. The van der Waals surface area contributed by atoms with Gasteiger partial charge in [-0.05, 0) is 50.2 Å². The van der Waals surface area contributed by atoms with Crippen LogP contribution in [0.1, 0.15) is 40.3 Å². The van der Waals surface area contributed by atoms with Gasteiger partial charge < -0.3 is 19.9 Å². The highest BCUT2D eigenvalue weighted by Crippen LogP contribution is 2.38. The van der Waals surface area contributed by atoms with Crippen molar-refractivity contribution in [3.8, 4) is 17.6 Å². The molecule has 1 heterocycles. The highest BCUT2D eigenvalue weighted by Gasteiger charge is 2.26. The summed E-state index contributed by atoms with van der Waals surface area (Å²) < 4.78 is 11.9. The molecule has 0 atom stereocenters. The number of nitrogens with one attached hydrogen (secondary N) is 1. The lowest BCUT2D eigenvalue weighted by Crippen LogP contribution is -2.17. The van der Waals surface area contributed by atoms with Crippen LogP contribution >= 0.6 is 23.2 Å². The Balaban J connectivity index is 0.000000268. The Hall–Kier alpha value is -4.26. The van der Waals surface area contributed by atoms with E-state index in [0.717, 1.165) is 5.52 Å². The fourth-order valence-corrected chi connectivity index (χ4v) is 4.81. The van der Waals surface area contributed by atoms with Crippen LogP contribution in [0.25, 0.3) is 10.9 Å². The van der Waals surface area contributed by atoms with Gasteiger partial charge in [-0.2, -0.15) is 10.4 Å². The van der Waals surface area contributed by atoms with Gasteiger partial charge in [0.25, 0.3) is 5.91 Å². The Morgan fingerprint density at radius 1 is 1.03 bits per heavy atom. The quantitative estimate of drug-likeness (QED) is 0.278. The summed E-state index contributed by atoms with van der Waals surface area (Å²) in [6.45, 7) is 3.45. The molecule has 9 nitrogen and oxygen atoms in total. The normalized spacial score (nSPS) is 10.7. The Labute approximate surface area is 235 Å². The van der Waals surface area contributed by atoms with Crippen molar-refractivity contribution in [2.24, 2.45) is 7.05 Å². The van der Waals surface area contributed by atoms with Crippen molar-refractivity contribution < 1.29 is 24.2 Å². The number of nitriles is 1. The molecular weight excluding hydrogens is 543 g/mol. The second-order valence-electron chi connectivity index (χ2n) is 8.87. The zero-order chi connectivity index (χ0) is 28.9. The summed E-state index contributed by atoms with van der Waals surface area (Å²) >= 11 is 12.6. The fourth-order valence-electron chi connectivity index (χ4n) is 3.85. The number of ether oxygens (including phenoxy) is 2. The van der Waals surface area contributed by atoms with E-state index in [9.17, 15) is 14.9 Å². The number of para-hydroxylation sites is 1. The minimum absolute atomic E-state index is 0.109. The molecule has 39 heavy (non-hydrogen) atoms. The van der Waals surface area contributed by atoms with E-state index in [-0.39, 0.29) is 11.6 Å². The van der Waals surface area contributed by atoms with E-state index in [0.29, 0.717) is 43.7 Å². The highest BCUT2D eigenvalue weighted by atomic mass is 35.5. The first-order valence-corrected chi connectivity index (χ1v) is 12.3. The third-order valence-corrected chi connectivity index (χ3v) is 6.41. The molecule has 4 aromatic rings. The Morgan fingerprint density at radius 2 is 1.64 bits per heavy atom. The van der Waals surface area contributed by atoms with E-state index in [1.807, 2.05) is 12.1 Å². The molecule has 1 aromatic heterocycles. The zero-order valence-electron chi connectivity index (χ0n) is 21.9. The number of aryl methyl sites for hydroxylation is 1. The number of carbonyl (C=O) groups is 2. The van der Waals surface area contributed by atoms with Gasteiger partial charge >= 0.3 is 5.97 Å². The summed E-state index contributed by atoms with van der Waals surface area (Å²) in [5.74, 6) is -0.372. The van der Waals surface area contributed by atoms with Gasteiger partial charge in [-0.3, -0.25) is 9.48 Å². The Bertz CT molecular complexity index is 1570. The molecule has 0 spiro atoms. The van der Waals surface area contributed by atoms with Crippen LogP contribution in [0.4, 0.5) is 5.69 Å². The molecule has 0 radical (unpaired) electrons. The van der Waals surface area contributed by atoms with E-state index in [2.05, 4.69) is 16.5 Å². The van der Waals surface area contributed by atoms with E-state index in [1.54, 1.807) is 68.0 Å². The molecule has 3 aromatic carbocycles. The molecule has 0 aliphatic carbocycles. The van der Waals surface area contributed by atoms with Gasteiger partial charge in [-0.1, -0.05) is 41.4 Å². The Kier molecular flexibility index (Phi) is 9.07. The molecule has 0 saturated heterocycles. The lowest BCUT2D eigenvalue weighted by Gasteiger charge is -2.20. The number of methoxy groups -OCH3 is 2. The van der Waals surface area contributed by atoms with Crippen LogP contribution in [0.2, 0.25) is 10.0 Å². The molecule has 2 N–H and O–H groups in total. The predicted molar refractivity (Wildman–Crippen MR) is 150 cm³/mol. The standard InChI is InChI=1S/C19H18Cl2N2O3.C9H8N2O2/c1-19(2,10-22)17-13(20)8-12(9-14(17)21)23-18(24)11-5-6-15(25-3)16(7-11)26-4;1-11-7-5-3-2-4-6(7)8(10-11)9(12)13/h5-9H,1-4H3,(H,23,24);2-5H,1H3,(H,12,13). The number of nitrogens with zero attached hydrogens (tertiary/aromatic N) is 3. The van der Waals surface area contributed by atoms with Crippen LogP contribution in [0, 0.1) is 11.3 Å². The number of halogens is 2. The zero-order valence-corrected chi connectivity index (χ0v) is 23.4. The number of hydrogen-bond donors (Lipinski definition) is 2. The molecule has 0 aliphatic rings. The maximum Gasteiger partial charge on any atom is 0.357 e. The minimum atomic E-state index is -0.989. The van der Waals surface area contributed by atoms with Crippen molar-refractivity contribution in [1.29, 1.82) is 5.26 Å². The number of fused-ring (bicyclic) bond motifs is 1. The number of hydrogen-bond acceptors (Lipinski definition) is 6. The number of amides is 1. The van der Waals surface area contributed by atoms with Crippen molar-refractivity contribution in [3.63, 3.8) is 0 Å². The first-order valence-electron chi connectivity index (χ1n) is 11.5. The monoisotopic (exact) mass is 568 g/mol. The van der Waals surface area contributed by atoms with Crippen molar-refractivity contribution in [1.82, 2.24) is 9.78 Å². The molecule has 0 bridgehead atoms. The largest absolute Gasteiger partial charge is 0.493 e. The maximum atomic E-state index is 12.5. The topological polar surface area (TPSA) is 126 Å².